The molecular weight excluding hydrogens is 332 g/mol. The van der Waals surface area contributed by atoms with Crippen LogP contribution in [-0.2, 0) is 16.1 Å². The zero-order chi connectivity index (χ0) is 18.9. The van der Waals surface area contributed by atoms with Gasteiger partial charge in [0.2, 0.25) is 5.91 Å². The predicted octanol–water partition coefficient (Wildman–Crippen LogP) is -2.38. The van der Waals surface area contributed by atoms with Crippen molar-refractivity contribution < 1.29 is 24.1 Å². The van der Waals surface area contributed by atoms with Gasteiger partial charge in [-0.1, -0.05) is 0 Å². The molecule has 0 saturated carbocycles. The van der Waals surface area contributed by atoms with Crippen LogP contribution in [0.3, 0.4) is 0 Å². The third-order valence-corrected chi connectivity index (χ3v) is 4.58. The average Bonchev–Trinajstić information content (AvgIpc) is 2.62. The molecule has 2 rings (SSSR count). The van der Waals surface area contributed by atoms with Crippen LogP contribution < -0.4 is 25.2 Å². The van der Waals surface area contributed by atoms with Crippen LogP contribution in [0.2, 0.25) is 0 Å². The SMILES string of the molecule is COc1ccc(C[NH+]2CC[NH+](CC(=O)NCC(=O)NC(C)C)CC2)cc1. The van der Waals surface area contributed by atoms with Gasteiger partial charge in [0.25, 0.3) is 5.91 Å². The molecule has 26 heavy (non-hydrogen) atoms. The largest absolute Gasteiger partial charge is 0.497 e. The topological polar surface area (TPSA) is 76.3 Å². The summed E-state index contributed by atoms with van der Waals surface area (Å²) in [7, 11) is 1.68. The summed E-state index contributed by atoms with van der Waals surface area (Å²) >= 11 is 0. The number of ether oxygens (including phenoxy) is 1. The Morgan fingerprint density at radius 2 is 1.65 bits per heavy atom. The molecule has 1 aliphatic heterocycles. The first-order valence-corrected chi connectivity index (χ1v) is 9.32. The highest BCUT2D eigenvalue weighted by molar-refractivity contribution is 5.85. The number of amides is 2. The number of hydrogen-bond acceptors (Lipinski definition) is 3. The molecule has 1 aliphatic rings. The van der Waals surface area contributed by atoms with Crippen LogP contribution in [0.5, 0.6) is 5.75 Å². The van der Waals surface area contributed by atoms with Gasteiger partial charge in [0, 0.05) is 11.6 Å². The quantitative estimate of drug-likeness (QED) is 0.416. The van der Waals surface area contributed by atoms with Gasteiger partial charge in [-0.2, -0.15) is 0 Å². The van der Waals surface area contributed by atoms with E-state index in [-0.39, 0.29) is 24.4 Å². The van der Waals surface area contributed by atoms with Crippen molar-refractivity contribution in [2.75, 3.05) is 46.4 Å². The van der Waals surface area contributed by atoms with E-state index in [1.54, 1.807) is 7.11 Å². The van der Waals surface area contributed by atoms with E-state index in [4.69, 9.17) is 4.74 Å². The molecule has 1 aromatic carbocycles. The molecule has 7 heteroatoms. The highest BCUT2D eigenvalue weighted by Gasteiger charge is 2.25. The van der Waals surface area contributed by atoms with Crippen LogP contribution in [-0.4, -0.2) is 64.2 Å². The van der Waals surface area contributed by atoms with Crippen molar-refractivity contribution in [1.29, 1.82) is 0 Å². The number of methoxy groups -OCH3 is 1. The number of carbonyl (C=O) groups is 2. The van der Waals surface area contributed by atoms with Crippen molar-refractivity contribution in [3.63, 3.8) is 0 Å². The van der Waals surface area contributed by atoms with Crippen molar-refractivity contribution in [2.45, 2.75) is 26.4 Å². The third-order valence-electron chi connectivity index (χ3n) is 4.58. The maximum Gasteiger partial charge on any atom is 0.275 e. The van der Waals surface area contributed by atoms with Gasteiger partial charge in [0.05, 0.1) is 13.7 Å². The Labute approximate surface area is 155 Å². The normalized spacial score (nSPS) is 19.8. The second kappa shape index (κ2) is 10.1. The molecule has 1 saturated heterocycles. The minimum Gasteiger partial charge on any atom is -0.497 e. The molecule has 1 aromatic rings. The molecule has 0 atom stereocenters. The number of carbonyl (C=O) groups excluding carboxylic acids is 2. The molecule has 0 aliphatic carbocycles. The number of benzene rings is 1. The molecule has 4 N–H and O–H groups in total. The van der Waals surface area contributed by atoms with E-state index < -0.39 is 0 Å². The summed E-state index contributed by atoms with van der Waals surface area (Å²) in [5.41, 5.74) is 1.30. The van der Waals surface area contributed by atoms with Crippen molar-refractivity contribution in [3.05, 3.63) is 29.8 Å². The number of nitrogens with one attached hydrogen (secondary N) is 4. The van der Waals surface area contributed by atoms with Crippen molar-refractivity contribution in [1.82, 2.24) is 10.6 Å². The second-order valence-corrected chi connectivity index (χ2v) is 7.20. The molecule has 144 valence electrons. The Kier molecular flexibility index (Phi) is 7.87. The number of quaternary nitrogens is 2. The van der Waals surface area contributed by atoms with Crippen LogP contribution in [0.1, 0.15) is 19.4 Å². The van der Waals surface area contributed by atoms with Gasteiger partial charge in [0.1, 0.15) is 38.5 Å². The fraction of sp³-hybridized carbons (Fsp3) is 0.579. The van der Waals surface area contributed by atoms with Crippen molar-refractivity contribution in [3.8, 4) is 5.75 Å². The third kappa shape index (κ3) is 7.01. The van der Waals surface area contributed by atoms with Crippen LogP contribution in [0.4, 0.5) is 0 Å². The lowest BCUT2D eigenvalue weighted by Crippen LogP contribution is -3.28. The van der Waals surface area contributed by atoms with Gasteiger partial charge >= 0.3 is 0 Å². The monoisotopic (exact) mass is 364 g/mol. The van der Waals surface area contributed by atoms with E-state index in [0.29, 0.717) is 6.54 Å². The molecule has 0 spiro atoms. The van der Waals surface area contributed by atoms with E-state index in [1.807, 2.05) is 26.0 Å². The average molecular weight is 364 g/mol. The fourth-order valence-corrected chi connectivity index (χ4v) is 3.18. The Bertz CT molecular complexity index is 581. The molecule has 1 heterocycles. The highest BCUT2D eigenvalue weighted by Crippen LogP contribution is 2.10. The zero-order valence-corrected chi connectivity index (χ0v) is 16.1. The summed E-state index contributed by atoms with van der Waals surface area (Å²) in [5, 5.41) is 5.47. The summed E-state index contributed by atoms with van der Waals surface area (Å²) < 4.78 is 5.19. The number of hydrogen-bond donors (Lipinski definition) is 4. The molecule has 0 unspecified atom stereocenters. The van der Waals surface area contributed by atoms with Gasteiger partial charge in [-0.05, 0) is 38.1 Å². The van der Waals surface area contributed by atoms with Gasteiger partial charge in [-0.15, -0.1) is 0 Å². The summed E-state index contributed by atoms with van der Waals surface area (Å²) in [5.74, 6) is 0.681. The maximum atomic E-state index is 12.0. The molecular formula is C19H32N4O3+2. The van der Waals surface area contributed by atoms with E-state index in [1.165, 1.54) is 15.4 Å². The van der Waals surface area contributed by atoms with Gasteiger partial charge in [-0.3, -0.25) is 9.59 Å². The maximum absolute atomic E-state index is 12.0. The van der Waals surface area contributed by atoms with Gasteiger partial charge < -0.3 is 25.2 Å². The second-order valence-electron chi connectivity index (χ2n) is 7.20. The predicted molar refractivity (Wildman–Crippen MR) is 99.2 cm³/mol. The first-order chi connectivity index (χ1) is 12.5. The molecule has 0 radical (unpaired) electrons. The van der Waals surface area contributed by atoms with Gasteiger partial charge in [-0.25, -0.2) is 0 Å². The van der Waals surface area contributed by atoms with E-state index in [2.05, 4.69) is 22.8 Å². The van der Waals surface area contributed by atoms with E-state index >= 15 is 0 Å². The van der Waals surface area contributed by atoms with Crippen LogP contribution in [0.15, 0.2) is 24.3 Å². The van der Waals surface area contributed by atoms with Crippen molar-refractivity contribution >= 4 is 11.8 Å². The van der Waals surface area contributed by atoms with E-state index in [9.17, 15) is 9.59 Å². The molecule has 1 fully saturated rings. The first-order valence-electron chi connectivity index (χ1n) is 9.32. The standard InChI is InChI=1S/C19H30N4O3/c1-15(2)21-18(24)12-20-19(25)14-23-10-8-22(9-11-23)13-16-4-6-17(26-3)7-5-16/h4-7,15H,8-14H2,1-3H3,(H,20,25)(H,21,24)/p+2. The Balaban J connectivity index is 1.66. The van der Waals surface area contributed by atoms with Crippen LogP contribution >= 0.6 is 0 Å². The Hall–Kier alpha value is -2.12. The minimum atomic E-state index is -0.142. The lowest BCUT2D eigenvalue weighted by molar-refractivity contribution is -1.02. The molecule has 2 amide bonds. The van der Waals surface area contributed by atoms with E-state index in [0.717, 1.165) is 38.5 Å². The summed E-state index contributed by atoms with van der Waals surface area (Å²) in [6, 6.07) is 8.31. The summed E-state index contributed by atoms with van der Waals surface area (Å²) in [6.07, 6.45) is 0. The lowest BCUT2D eigenvalue weighted by atomic mass is 10.2. The van der Waals surface area contributed by atoms with Crippen LogP contribution in [0.25, 0.3) is 0 Å². The minimum absolute atomic E-state index is 0.0547. The Morgan fingerprint density at radius 1 is 1.04 bits per heavy atom. The zero-order valence-electron chi connectivity index (χ0n) is 16.1. The number of piperazine rings is 1. The van der Waals surface area contributed by atoms with Crippen molar-refractivity contribution in [2.24, 2.45) is 0 Å². The summed E-state index contributed by atoms with van der Waals surface area (Å²) in [6.45, 7) is 9.32. The van der Waals surface area contributed by atoms with Gasteiger partial charge in [0.15, 0.2) is 6.54 Å². The molecule has 0 aromatic heterocycles. The lowest BCUT2D eigenvalue weighted by Gasteiger charge is -2.29. The number of rotatable bonds is 8. The molecule has 7 nitrogen and oxygen atoms in total. The van der Waals surface area contributed by atoms with Crippen LogP contribution in [0, 0.1) is 0 Å². The summed E-state index contributed by atoms with van der Waals surface area (Å²) in [4.78, 5) is 26.4. The molecule has 0 bridgehead atoms. The highest BCUT2D eigenvalue weighted by atomic mass is 16.5. The smallest absolute Gasteiger partial charge is 0.275 e. The fourth-order valence-electron chi connectivity index (χ4n) is 3.18. The Morgan fingerprint density at radius 3 is 2.23 bits per heavy atom. The first kappa shape index (κ1) is 20.2.